The van der Waals surface area contributed by atoms with Gasteiger partial charge in [-0.15, -0.1) is 0 Å². The lowest BCUT2D eigenvalue weighted by Crippen LogP contribution is -2.44. The van der Waals surface area contributed by atoms with Crippen LogP contribution in [0.4, 0.5) is 4.39 Å². The van der Waals surface area contributed by atoms with E-state index in [0.29, 0.717) is 0 Å². The molecule has 3 heteroatoms. The number of rotatable bonds is 4. The summed E-state index contributed by atoms with van der Waals surface area (Å²) in [5.74, 6) is 0.572. The summed E-state index contributed by atoms with van der Waals surface area (Å²) < 4.78 is 12.9. The van der Waals surface area contributed by atoms with Crippen LogP contribution in [0.1, 0.15) is 39.2 Å². The molecule has 1 heterocycles. The molecule has 2 rings (SSSR count). The van der Waals surface area contributed by atoms with Gasteiger partial charge in [-0.05, 0) is 70.3 Å². The number of nitrogens with one attached hydrogen (secondary N) is 1. The van der Waals surface area contributed by atoms with Gasteiger partial charge >= 0.3 is 0 Å². The third-order valence-corrected chi connectivity index (χ3v) is 3.84. The monoisotopic (exact) mass is 278 g/mol. The van der Waals surface area contributed by atoms with E-state index in [2.05, 4.69) is 31.0 Å². The number of piperidine rings is 1. The zero-order valence-electron chi connectivity index (χ0n) is 13.0. The molecule has 0 aliphatic carbocycles. The number of halogens is 1. The van der Waals surface area contributed by atoms with Crippen LogP contribution in [-0.4, -0.2) is 30.1 Å². The second-order valence-corrected chi connectivity index (χ2v) is 7.00. The van der Waals surface area contributed by atoms with E-state index in [1.165, 1.54) is 18.4 Å². The van der Waals surface area contributed by atoms with Gasteiger partial charge < -0.3 is 5.32 Å². The lowest BCUT2D eigenvalue weighted by molar-refractivity contribution is 0.159. The van der Waals surface area contributed by atoms with Crippen LogP contribution in [-0.2, 0) is 6.54 Å². The Kier molecular flexibility index (Phi) is 5.17. The van der Waals surface area contributed by atoms with E-state index in [1.807, 2.05) is 12.1 Å². The molecule has 1 N–H and O–H groups in total. The van der Waals surface area contributed by atoms with Gasteiger partial charge in [-0.1, -0.05) is 12.1 Å². The van der Waals surface area contributed by atoms with E-state index in [1.54, 1.807) is 12.1 Å². The predicted molar refractivity (Wildman–Crippen MR) is 82.2 cm³/mol. The Hall–Kier alpha value is -0.930. The Morgan fingerprint density at radius 3 is 2.60 bits per heavy atom. The normalized spacial score (nSPS) is 21.1. The molecule has 1 aromatic rings. The molecule has 112 valence electrons. The van der Waals surface area contributed by atoms with E-state index in [0.717, 1.165) is 32.1 Å². The molecule has 1 unspecified atom stereocenters. The molecule has 1 aromatic carbocycles. The SMILES string of the molecule is CC(C)(C)NCC1CCCN(Cc2ccc(F)cc2)C1. The van der Waals surface area contributed by atoms with Crippen molar-refractivity contribution in [2.75, 3.05) is 19.6 Å². The van der Waals surface area contributed by atoms with Gasteiger partial charge in [0.25, 0.3) is 0 Å². The van der Waals surface area contributed by atoms with Crippen molar-refractivity contribution >= 4 is 0 Å². The molecule has 0 spiro atoms. The highest BCUT2D eigenvalue weighted by molar-refractivity contribution is 5.15. The number of hydrogen-bond acceptors (Lipinski definition) is 2. The molecule has 1 aliphatic heterocycles. The average molecular weight is 278 g/mol. The summed E-state index contributed by atoms with van der Waals surface area (Å²) in [6.07, 6.45) is 2.57. The minimum absolute atomic E-state index is 0.153. The maximum Gasteiger partial charge on any atom is 0.123 e. The quantitative estimate of drug-likeness (QED) is 0.908. The molecule has 2 nitrogen and oxygen atoms in total. The first-order valence-corrected chi connectivity index (χ1v) is 7.64. The molecule has 1 saturated heterocycles. The molecule has 0 bridgehead atoms. The topological polar surface area (TPSA) is 15.3 Å². The lowest BCUT2D eigenvalue weighted by atomic mass is 9.96. The summed E-state index contributed by atoms with van der Waals surface area (Å²) >= 11 is 0. The van der Waals surface area contributed by atoms with Gasteiger partial charge in [-0.25, -0.2) is 4.39 Å². The molecule has 1 fully saturated rings. The number of likely N-dealkylation sites (tertiary alicyclic amines) is 1. The van der Waals surface area contributed by atoms with Crippen LogP contribution in [0.5, 0.6) is 0 Å². The summed E-state index contributed by atoms with van der Waals surface area (Å²) in [4.78, 5) is 2.49. The first-order chi connectivity index (χ1) is 9.42. The lowest BCUT2D eigenvalue weighted by Gasteiger charge is -2.34. The molecule has 20 heavy (non-hydrogen) atoms. The van der Waals surface area contributed by atoms with E-state index < -0.39 is 0 Å². The largest absolute Gasteiger partial charge is 0.312 e. The molecular weight excluding hydrogens is 251 g/mol. The summed E-state index contributed by atoms with van der Waals surface area (Å²) in [6.45, 7) is 11.0. The summed E-state index contributed by atoms with van der Waals surface area (Å²) in [5, 5.41) is 3.61. The minimum Gasteiger partial charge on any atom is -0.312 e. The Balaban J connectivity index is 1.82. The highest BCUT2D eigenvalue weighted by atomic mass is 19.1. The fraction of sp³-hybridized carbons (Fsp3) is 0.647. The second-order valence-electron chi connectivity index (χ2n) is 7.00. The van der Waals surface area contributed by atoms with Crippen molar-refractivity contribution in [1.82, 2.24) is 10.2 Å². The van der Waals surface area contributed by atoms with Crippen molar-refractivity contribution in [2.45, 2.75) is 45.7 Å². The van der Waals surface area contributed by atoms with Crippen LogP contribution in [0.25, 0.3) is 0 Å². The molecule has 1 atom stereocenters. The van der Waals surface area contributed by atoms with Crippen LogP contribution < -0.4 is 5.32 Å². The molecular formula is C17H27FN2. The van der Waals surface area contributed by atoms with E-state index >= 15 is 0 Å². The zero-order chi connectivity index (χ0) is 14.6. The highest BCUT2D eigenvalue weighted by Gasteiger charge is 2.21. The molecule has 1 aliphatic rings. The van der Waals surface area contributed by atoms with E-state index in [4.69, 9.17) is 0 Å². The smallest absolute Gasteiger partial charge is 0.123 e. The highest BCUT2D eigenvalue weighted by Crippen LogP contribution is 2.19. The molecule has 0 radical (unpaired) electrons. The van der Waals surface area contributed by atoms with Crippen molar-refractivity contribution in [3.63, 3.8) is 0 Å². The Morgan fingerprint density at radius 2 is 1.95 bits per heavy atom. The predicted octanol–water partition coefficient (Wildman–Crippen LogP) is 3.43. The van der Waals surface area contributed by atoms with Crippen LogP contribution in [0.3, 0.4) is 0 Å². The Bertz CT molecular complexity index is 408. The first-order valence-electron chi connectivity index (χ1n) is 7.64. The van der Waals surface area contributed by atoms with Gasteiger partial charge in [0.15, 0.2) is 0 Å². The fourth-order valence-electron chi connectivity index (χ4n) is 2.76. The summed E-state index contributed by atoms with van der Waals surface area (Å²) in [7, 11) is 0. The summed E-state index contributed by atoms with van der Waals surface area (Å²) in [6, 6.07) is 6.90. The number of benzene rings is 1. The Labute approximate surface area is 122 Å². The van der Waals surface area contributed by atoms with Gasteiger partial charge in [0.1, 0.15) is 5.82 Å². The maximum atomic E-state index is 12.9. The summed E-state index contributed by atoms with van der Waals surface area (Å²) in [5.41, 5.74) is 1.40. The zero-order valence-corrected chi connectivity index (χ0v) is 13.0. The van der Waals surface area contributed by atoms with Crippen LogP contribution in [0, 0.1) is 11.7 Å². The number of nitrogens with zero attached hydrogens (tertiary/aromatic N) is 1. The van der Waals surface area contributed by atoms with Crippen molar-refractivity contribution in [3.8, 4) is 0 Å². The van der Waals surface area contributed by atoms with Crippen molar-refractivity contribution < 1.29 is 4.39 Å². The fourth-order valence-corrected chi connectivity index (χ4v) is 2.76. The van der Waals surface area contributed by atoms with Crippen molar-refractivity contribution in [1.29, 1.82) is 0 Å². The van der Waals surface area contributed by atoms with E-state index in [9.17, 15) is 4.39 Å². The van der Waals surface area contributed by atoms with Gasteiger partial charge in [0.05, 0.1) is 0 Å². The molecule has 0 amide bonds. The third kappa shape index (κ3) is 5.22. The van der Waals surface area contributed by atoms with Crippen LogP contribution >= 0.6 is 0 Å². The average Bonchev–Trinajstić information content (AvgIpc) is 2.39. The van der Waals surface area contributed by atoms with Gasteiger partial charge in [0.2, 0.25) is 0 Å². The first kappa shape index (κ1) is 15.5. The van der Waals surface area contributed by atoms with Crippen molar-refractivity contribution in [3.05, 3.63) is 35.6 Å². The Morgan fingerprint density at radius 1 is 1.25 bits per heavy atom. The van der Waals surface area contributed by atoms with Crippen LogP contribution in [0.15, 0.2) is 24.3 Å². The molecule has 0 aromatic heterocycles. The third-order valence-electron chi connectivity index (χ3n) is 3.84. The minimum atomic E-state index is -0.153. The number of hydrogen-bond donors (Lipinski definition) is 1. The molecule has 0 saturated carbocycles. The van der Waals surface area contributed by atoms with Crippen molar-refractivity contribution in [2.24, 2.45) is 5.92 Å². The van der Waals surface area contributed by atoms with Crippen LogP contribution in [0.2, 0.25) is 0 Å². The van der Waals surface area contributed by atoms with Gasteiger partial charge in [0, 0.05) is 18.6 Å². The maximum absolute atomic E-state index is 12.9. The second kappa shape index (κ2) is 6.68. The standard InChI is InChI=1S/C17H27FN2/c1-17(2,3)19-11-15-5-4-10-20(13-15)12-14-6-8-16(18)9-7-14/h6-9,15,19H,4-5,10-13H2,1-3H3. The van der Waals surface area contributed by atoms with E-state index in [-0.39, 0.29) is 11.4 Å². The van der Waals surface area contributed by atoms with Gasteiger partial charge in [-0.2, -0.15) is 0 Å². The van der Waals surface area contributed by atoms with Gasteiger partial charge in [-0.3, -0.25) is 4.90 Å².